The maximum atomic E-state index is 12.7. The van der Waals surface area contributed by atoms with Gasteiger partial charge in [-0.1, -0.05) is 18.2 Å². The lowest BCUT2D eigenvalue weighted by molar-refractivity contribution is -0.117. The second kappa shape index (κ2) is 7.47. The Balaban J connectivity index is 1.78. The van der Waals surface area contributed by atoms with Crippen LogP contribution in [0.1, 0.15) is 31.4 Å². The Bertz CT molecular complexity index is 894. The van der Waals surface area contributed by atoms with Crippen molar-refractivity contribution < 1.29 is 17.9 Å². The maximum absolute atomic E-state index is 12.7. The number of sulfonamides is 1. The lowest BCUT2D eigenvalue weighted by Crippen LogP contribution is -2.27. The summed E-state index contributed by atoms with van der Waals surface area (Å²) in [6.07, 6.45) is 1.37. The Hall–Kier alpha value is -2.38. The normalized spacial score (nSPS) is 15.9. The van der Waals surface area contributed by atoms with Crippen LogP contribution in [-0.2, 0) is 14.8 Å². The van der Waals surface area contributed by atoms with Crippen LogP contribution in [-0.4, -0.2) is 28.0 Å². The number of nitrogens with zero attached hydrogens (tertiary/aromatic N) is 1. The van der Waals surface area contributed by atoms with Gasteiger partial charge in [0.15, 0.2) is 0 Å². The first-order valence-corrected chi connectivity index (χ1v) is 9.96. The number of carbonyl (C=O) groups excluding carboxylic acids is 1. The van der Waals surface area contributed by atoms with Gasteiger partial charge in [0, 0.05) is 30.3 Å². The van der Waals surface area contributed by atoms with E-state index in [2.05, 4.69) is 4.72 Å². The minimum absolute atomic E-state index is 0.0727. The van der Waals surface area contributed by atoms with Crippen LogP contribution >= 0.6 is 0 Å². The number of benzene rings is 2. The van der Waals surface area contributed by atoms with E-state index in [1.54, 1.807) is 37.1 Å². The van der Waals surface area contributed by atoms with Gasteiger partial charge in [-0.2, -0.15) is 0 Å². The van der Waals surface area contributed by atoms with Crippen LogP contribution in [0.5, 0.6) is 5.75 Å². The highest BCUT2D eigenvalue weighted by Crippen LogP contribution is 2.27. The third-order valence-electron chi connectivity index (χ3n) is 4.47. The number of methoxy groups -OCH3 is 1. The summed E-state index contributed by atoms with van der Waals surface area (Å²) in [5.74, 6) is 0.703. The molecular formula is C19H22N2O4S. The van der Waals surface area contributed by atoms with Crippen LogP contribution in [0.25, 0.3) is 0 Å². The number of hydrogen-bond acceptors (Lipinski definition) is 4. The monoisotopic (exact) mass is 374 g/mol. The number of amides is 1. The van der Waals surface area contributed by atoms with Gasteiger partial charge in [-0.15, -0.1) is 0 Å². The van der Waals surface area contributed by atoms with Crippen molar-refractivity contribution in [3.63, 3.8) is 0 Å². The Morgan fingerprint density at radius 1 is 1.12 bits per heavy atom. The van der Waals surface area contributed by atoms with E-state index in [0.29, 0.717) is 18.7 Å². The first kappa shape index (κ1) is 18.4. The second-order valence-electron chi connectivity index (χ2n) is 6.23. The van der Waals surface area contributed by atoms with Crippen molar-refractivity contribution in [2.45, 2.75) is 30.7 Å². The van der Waals surface area contributed by atoms with Crippen LogP contribution in [0.3, 0.4) is 0 Å². The molecule has 2 aromatic carbocycles. The molecule has 0 aliphatic carbocycles. The molecule has 0 spiro atoms. The molecule has 1 aliphatic heterocycles. The molecule has 7 heteroatoms. The van der Waals surface area contributed by atoms with Crippen molar-refractivity contribution in [2.75, 3.05) is 18.6 Å². The second-order valence-corrected chi connectivity index (χ2v) is 7.94. The van der Waals surface area contributed by atoms with E-state index >= 15 is 0 Å². The molecule has 1 unspecified atom stereocenters. The van der Waals surface area contributed by atoms with E-state index < -0.39 is 16.1 Å². The minimum Gasteiger partial charge on any atom is -0.496 e. The summed E-state index contributed by atoms with van der Waals surface area (Å²) < 4.78 is 33.3. The molecule has 0 bridgehead atoms. The molecule has 1 fully saturated rings. The number of ether oxygens (including phenoxy) is 1. The number of para-hydroxylation sites is 1. The van der Waals surface area contributed by atoms with Gasteiger partial charge in [0.2, 0.25) is 15.9 Å². The van der Waals surface area contributed by atoms with Gasteiger partial charge in [0.25, 0.3) is 0 Å². The summed E-state index contributed by atoms with van der Waals surface area (Å²) in [6, 6.07) is 13.2. The van der Waals surface area contributed by atoms with Gasteiger partial charge in [-0.05, 0) is 43.7 Å². The highest BCUT2D eigenvalue weighted by atomic mass is 32.2. The highest BCUT2D eigenvalue weighted by Gasteiger charge is 2.23. The molecule has 3 rings (SSSR count). The summed E-state index contributed by atoms with van der Waals surface area (Å²) >= 11 is 0. The highest BCUT2D eigenvalue weighted by molar-refractivity contribution is 7.89. The number of rotatable bonds is 6. The summed E-state index contributed by atoms with van der Waals surface area (Å²) in [6.45, 7) is 2.45. The van der Waals surface area contributed by atoms with Gasteiger partial charge >= 0.3 is 0 Å². The largest absolute Gasteiger partial charge is 0.496 e. The van der Waals surface area contributed by atoms with Crippen molar-refractivity contribution in [1.82, 2.24) is 4.72 Å². The average Bonchev–Trinajstić information content (AvgIpc) is 3.07. The lowest BCUT2D eigenvalue weighted by atomic mass is 10.1. The summed E-state index contributed by atoms with van der Waals surface area (Å²) in [5.41, 5.74) is 1.49. The predicted molar refractivity (Wildman–Crippen MR) is 99.8 cm³/mol. The van der Waals surface area contributed by atoms with Crippen molar-refractivity contribution in [2.24, 2.45) is 0 Å². The van der Waals surface area contributed by atoms with Crippen LogP contribution in [0.15, 0.2) is 53.4 Å². The van der Waals surface area contributed by atoms with Crippen LogP contribution in [0.2, 0.25) is 0 Å². The van der Waals surface area contributed by atoms with E-state index in [0.717, 1.165) is 17.7 Å². The Kier molecular flexibility index (Phi) is 5.29. The van der Waals surface area contributed by atoms with Gasteiger partial charge in [0.1, 0.15) is 5.75 Å². The Morgan fingerprint density at radius 2 is 1.81 bits per heavy atom. The van der Waals surface area contributed by atoms with Crippen LogP contribution in [0, 0.1) is 0 Å². The number of nitrogens with one attached hydrogen (secondary N) is 1. The average molecular weight is 374 g/mol. The molecule has 1 amide bonds. The van der Waals surface area contributed by atoms with Crippen LogP contribution < -0.4 is 14.4 Å². The zero-order chi connectivity index (χ0) is 18.7. The lowest BCUT2D eigenvalue weighted by Gasteiger charge is -2.18. The van der Waals surface area contributed by atoms with Gasteiger partial charge in [-0.3, -0.25) is 4.79 Å². The van der Waals surface area contributed by atoms with Crippen LogP contribution in [0.4, 0.5) is 5.69 Å². The fourth-order valence-electron chi connectivity index (χ4n) is 3.11. The summed E-state index contributed by atoms with van der Waals surface area (Å²) in [4.78, 5) is 13.6. The molecule has 138 valence electrons. The summed E-state index contributed by atoms with van der Waals surface area (Å²) in [7, 11) is -2.14. The minimum atomic E-state index is -3.70. The van der Waals surface area contributed by atoms with E-state index in [4.69, 9.17) is 4.74 Å². The van der Waals surface area contributed by atoms with E-state index in [9.17, 15) is 13.2 Å². The number of hydrogen-bond donors (Lipinski definition) is 1. The molecule has 0 radical (unpaired) electrons. The van der Waals surface area contributed by atoms with Crippen molar-refractivity contribution >= 4 is 21.6 Å². The molecule has 0 saturated carbocycles. The van der Waals surface area contributed by atoms with E-state index in [-0.39, 0.29) is 10.8 Å². The molecular weight excluding hydrogens is 352 g/mol. The van der Waals surface area contributed by atoms with E-state index in [1.807, 2.05) is 18.2 Å². The fraction of sp³-hybridized carbons (Fsp3) is 0.316. The molecule has 1 saturated heterocycles. The number of anilines is 1. The van der Waals surface area contributed by atoms with Gasteiger partial charge < -0.3 is 9.64 Å². The molecule has 2 aromatic rings. The molecule has 1 heterocycles. The first-order valence-electron chi connectivity index (χ1n) is 8.48. The van der Waals surface area contributed by atoms with Crippen molar-refractivity contribution in [1.29, 1.82) is 0 Å². The van der Waals surface area contributed by atoms with Gasteiger partial charge in [-0.25, -0.2) is 13.1 Å². The zero-order valence-electron chi connectivity index (χ0n) is 14.8. The molecule has 26 heavy (non-hydrogen) atoms. The topological polar surface area (TPSA) is 75.7 Å². The molecule has 0 aromatic heterocycles. The third-order valence-corrected chi connectivity index (χ3v) is 6.03. The fourth-order valence-corrected chi connectivity index (χ4v) is 4.34. The zero-order valence-corrected chi connectivity index (χ0v) is 15.6. The Labute approximate surface area is 153 Å². The van der Waals surface area contributed by atoms with Gasteiger partial charge in [0.05, 0.1) is 12.0 Å². The summed E-state index contributed by atoms with van der Waals surface area (Å²) in [5, 5.41) is 0. The predicted octanol–water partition coefficient (Wildman–Crippen LogP) is 2.86. The standard InChI is InChI=1S/C19H22N2O4S/c1-14(17-6-3-4-7-18(17)25-2)20-26(23,24)16-11-9-15(10-12-16)21-13-5-8-19(21)22/h3-4,6-7,9-12,14,20H,5,8,13H2,1-2H3. The van der Waals surface area contributed by atoms with Crippen molar-refractivity contribution in [3.05, 3.63) is 54.1 Å². The third kappa shape index (κ3) is 3.73. The number of carbonyl (C=O) groups is 1. The molecule has 1 N–H and O–H groups in total. The quantitative estimate of drug-likeness (QED) is 0.844. The maximum Gasteiger partial charge on any atom is 0.241 e. The van der Waals surface area contributed by atoms with E-state index in [1.165, 1.54) is 12.1 Å². The Morgan fingerprint density at radius 3 is 2.42 bits per heavy atom. The molecule has 1 aliphatic rings. The molecule has 1 atom stereocenters. The molecule has 6 nitrogen and oxygen atoms in total. The first-order chi connectivity index (χ1) is 12.4. The smallest absolute Gasteiger partial charge is 0.241 e. The van der Waals surface area contributed by atoms with Crippen molar-refractivity contribution in [3.8, 4) is 5.75 Å². The SMILES string of the molecule is COc1ccccc1C(C)NS(=O)(=O)c1ccc(N2CCCC2=O)cc1.